The van der Waals surface area contributed by atoms with E-state index >= 15 is 0 Å². The van der Waals surface area contributed by atoms with E-state index in [1.54, 1.807) is 13.3 Å². The highest BCUT2D eigenvalue weighted by Crippen LogP contribution is 2.33. The van der Waals surface area contributed by atoms with Gasteiger partial charge in [0.1, 0.15) is 0 Å². The van der Waals surface area contributed by atoms with E-state index in [1.165, 1.54) is 0 Å². The first kappa shape index (κ1) is 10.8. The normalized spacial score (nSPS) is 13.1. The number of fused-ring (bicyclic) bond motifs is 1. The van der Waals surface area contributed by atoms with Crippen molar-refractivity contribution in [3.05, 3.63) is 47.7 Å². The van der Waals surface area contributed by atoms with Gasteiger partial charge in [-0.25, -0.2) is 4.98 Å². The molecule has 3 rings (SSSR count). The molecule has 1 aromatic heterocycles. The lowest BCUT2D eigenvalue weighted by Crippen LogP contribution is -2.12. The molecule has 0 radical (unpaired) electrons. The van der Waals surface area contributed by atoms with Gasteiger partial charge in [-0.3, -0.25) is 4.79 Å². The van der Waals surface area contributed by atoms with Crippen molar-refractivity contribution in [1.29, 1.82) is 0 Å². The minimum atomic E-state index is -0.0188. The van der Waals surface area contributed by atoms with Crippen molar-refractivity contribution in [3.8, 4) is 17.0 Å². The van der Waals surface area contributed by atoms with E-state index in [0.29, 0.717) is 12.4 Å². The molecule has 90 valence electrons. The highest BCUT2D eigenvalue weighted by molar-refractivity contribution is 6.00. The van der Waals surface area contributed by atoms with E-state index in [0.717, 1.165) is 22.3 Å². The summed E-state index contributed by atoms with van der Waals surface area (Å²) in [6.45, 7) is 0.558. The van der Waals surface area contributed by atoms with Gasteiger partial charge in [0.05, 0.1) is 7.11 Å². The first-order valence-electron chi connectivity index (χ1n) is 5.70. The van der Waals surface area contributed by atoms with Crippen molar-refractivity contribution in [2.24, 2.45) is 0 Å². The van der Waals surface area contributed by atoms with Crippen molar-refractivity contribution >= 4 is 5.91 Å². The fourth-order valence-electron chi connectivity index (χ4n) is 2.26. The zero-order valence-corrected chi connectivity index (χ0v) is 9.93. The summed E-state index contributed by atoms with van der Waals surface area (Å²) in [5.41, 5.74) is 3.65. The molecule has 0 spiro atoms. The van der Waals surface area contributed by atoms with Gasteiger partial charge in [0.2, 0.25) is 5.88 Å². The number of carbonyl (C=O) groups is 1. The smallest absolute Gasteiger partial charge is 0.251 e. The van der Waals surface area contributed by atoms with Gasteiger partial charge in [-0.2, -0.15) is 0 Å². The summed E-state index contributed by atoms with van der Waals surface area (Å²) in [6.07, 6.45) is 1.69. The molecule has 2 heterocycles. The number of amides is 1. The second-order valence-corrected chi connectivity index (χ2v) is 4.07. The number of rotatable bonds is 2. The number of nitrogens with zero attached hydrogens (tertiary/aromatic N) is 1. The third-order valence-electron chi connectivity index (χ3n) is 3.10. The molecule has 1 aliphatic heterocycles. The summed E-state index contributed by atoms with van der Waals surface area (Å²) in [6, 6.07) is 9.51. The van der Waals surface area contributed by atoms with Gasteiger partial charge in [-0.15, -0.1) is 0 Å². The molecule has 0 bridgehead atoms. The first-order chi connectivity index (χ1) is 8.81. The second kappa shape index (κ2) is 4.14. The van der Waals surface area contributed by atoms with Crippen LogP contribution in [0.5, 0.6) is 5.88 Å². The van der Waals surface area contributed by atoms with Crippen LogP contribution < -0.4 is 10.1 Å². The number of hydrogen-bond donors (Lipinski definition) is 1. The van der Waals surface area contributed by atoms with Crippen molar-refractivity contribution in [2.45, 2.75) is 6.54 Å². The minimum absolute atomic E-state index is 0.0188. The summed E-state index contributed by atoms with van der Waals surface area (Å²) < 4.78 is 5.27. The highest BCUT2D eigenvalue weighted by atomic mass is 16.5. The molecule has 1 amide bonds. The van der Waals surface area contributed by atoms with Gasteiger partial charge in [-0.1, -0.05) is 12.1 Å². The summed E-state index contributed by atoms with van der Waals surface area (Å²) in [7, 11) is 1.60. The molecule has 0 aliphatic carbocycles. The maximum absolute atomic E-state index is 11.6. The van der Waals surface area contributed by atoms with Crippen LogP contribution in [0.4, 0.5) is 0 Å². The molecule has 1 N–H and O–H groups in total. The number of aromatic nitrogens is 1. The quantitative estimate of drug-likeness (QED) is 0.873. The van der Waals surface area contributed by atoms with E-state index in [2.05, 4.69) is 10.3 Å². The van der Waals surface area contributed by atoms with Crippen LogP contribution >= 0.6 is 0 Å². The van der Waals surface area contributed by atoms with Crippen LogP contribution in [-0.4, -0.2) is 18.0 Å². The summed E-state index contributed by atoms with van der Waals surface area (Å²) in [5.74, 6) is 0.556. The molecule has 0 saturated carbocycles. The van der Waals surface area contributed by atoms with Crippen LogP contribution in [0.25, 0.3) is 11.1 Å². The van der Waals surface area contributed by atoms with Gasteiger partial charge in [0.15, 0.2) is 0 Å². The van der Waals surface area contributed by atoms with Crippen molar-refractivity contribution in [3.63, 3.8) is 0 Å². The maximum atomic E-state index is 11.6. The third-order valence-corrected chi connectivity index (χ3v) is 3.10. The van der Waals surface area contributed by atoms with E-state index < -0.39 is 0 Å². The van der Waals surface area contributed by atoms with Crippen LogP contribution in [0.3, 0.4) is 0 Å². The number of nitrogens with one attached hydrogen (secondary N) is 1. The Bertz CT molecular complexity index is 623. The Labute approximate surface area is 105 Å². The number of methoxy groups -OCH3 is 1. The molecule has 18 heavy (non-hydrogen) atoms. The van der Waals surface area contributed by atoms with E-state index in [1.807, 2.05) is 30.3 Å². The Morgan fingerprint density at radius 3 is 2.78 bits per heavy atom. The predicted molar refractivity (Wildman–Crippen MR) is 67.4 cm³/mol. The molecule has 0 unspecified atom stereocenters. The number of pyridine rings is 1. The van der Waals surface area contributed by atoms with Crippen LogP contribution in [0.2, 0.25) is 0 Å². The van der Waals surface area contributed by atoms with Crippen LogP contribution in [0.1, 0.15) is 15.9 Å². The third kappa shape index (κ3) is 1.54. The SMILES string of the molecule is COc1ncccc1-c1cccc2c1CNC2=O. The average Bonchev–Trinajstić information content (AvgIpc) is 2.81. The Morgan fingerprint density at radius 1 is 1.17 bits per heavy atom. The van der Waals surface area contributed by atoms with Crippen LogP contribution in [0, 0.1) is 0 Å². The fourth-order valence-corrected chi connectivity index (χ4v) is 2.26. The second-order valence-electron chi connectivity index (χ2n) is 4.07. The van der Waals surface area contributed by atoms with Crippen LogP contribution in [-0.2, 0) is 6.54 Å². The molecular weight excluding hydrogens is 228 g/mol. The largest absolute Gasteiger partial charge is 0.481 e. The Hall–Kier alpha value is -2.36. The number of ether oxygens (including phenoxy) is 1. The van der Waals surface area contributed by atoms with Gasteiger partial charge in [0.25, 0.3) is 5.91 Å². The number of carbonyl (C=O) groups excluding carboxylic acids is 1. The summed E-state index contributed by atoms with van der Waals surface area (Å²) in [4.78, 5) is 15.8. The average molecular weight is 240 g/mol. The predicted octanol–water partition coefficient (Wildman–Crippen LogP) is 2.00. The molecule has 2 aromatic rings. The number of hydrogen-bond acceptors (Lipinski definition) is 3. The standard InChI is InChI=1S/C14H12N2O2/c1-18-14-11(6-3-7-15-14)9-4-2-5-10-12(9)8-16-13(10)17/h2-7H,8H2,1H3,(H,16,17). The Kier molecular flexibility index (Phi) is 2.48. The molecule has 4 nitrogen and oxygen atoms in total. The first-order valence-corrected chi connectivity index (χ1v) is 5.70. The Balaban J connectivity index is 2.22. The molecule has 4 heteroatoms. The minimum Gasteiger partial charge on any atom is -0.481 e. The van der Waals surface area contributed by atoms with E-state index in [-0.39, 0.29) is 5.91 Å². The van der Waals surface area contributed by atoms with Gasteiger partial charge < -0.3 is 10.1 Å². The highest BCUT2D eigenvalue weighted by Gasteiger charge is 2.23. The van der Waals surface area contributed by atoms with E-state index in [4.69, 9.17) is 4.74 Å². The molecular formula is C14H12N2O2. The molecule has 0 atom stereocenters. The zero-order chi connectivity index (χ0) is 12.5. The fraction of sp³-hybridized carbons (Fsp3) is 0.143. The molecule has 0 fully saturated rings. The zero-order valence-electron chi connectivity index (χ0n) is 9.93. The van der Waals surface area contributed by atoms with Gasteiger partial charge >= 0.3 is 0 Å². The van der Waals surface area contributed by atoms with Crippen LogP contribution in [0.15, 0.2) is 36.5 Å². The Morgan fingerprint density at radius 2 is 1.94 bits per heavy atom. The van der Waals surface area contributed by atoms with Crippen molar-refractivity contribution < 1.29 is 9.53 Å². The van der Waals surface area contributed by atoms with Gasteiger partial charge in [0, 0.05) is 23.9 Å². The lowest BCUT2D eigenvalue weighted by Gasteiger charge is -2.10. The molecule has 1 aromatic carbocycles. The van der Waals surface area contributed by atoms with E-state index in [9.17, 15) is 4.79 Å². The summed E-state index contributed by atoms with van der Waals surface area (Å²) >= 11 is 0. The monoisotopic (exact) mass is 240 g/mol. The topological polar surface area (TPSA) is 51.2 Å². The van der Waals surface area contributed by atoms with Crippen molar-refractivity contribution in [2.75, 3.05) is 7.11 Å². The lowest BCUT2D eigenvalue weighted by atomic mass is 9.98. The maximum Gasteiger partial charge on any atom is 0.251 e. The number of benzene rings is 1. The molecule has 0 saturated heterocycles. The summed E-state index contributed by atoms with van der Waals surface area (Å²) in [5, 5.41) is 2.83. The van der Waals surface area contributed by atoms with Gasteiger partial charge in [-0.05, 0) is 29.3 Å². The van der Waals surface area contributed by atoms with Crippen molar-refractivity contribution in [1.82, 2.24) is 10.3 Å². The lowest BCUT2D eigenvalue weighted by molar-refractivity contribution is 0.0966. The molecule has 1 aliphatic rings.